The maximum atomic E-state index is 2.58. The number of hydrogen-bond acceptors (Lipinski definition) is 3. The minimum atomic E-state index is 0.00632. The van der Waals surface area contributed by atoms with E-state index in [2.05, 4.69) is 237 Å². The summed E-state index contributed by atoms with van der Waals surface area (Å²) in [6.45, 7) is 9.66. The van der Waals surface area contributed by atoms with Gasteiger partial charge in [0.25, 0.3) is 6.71 Å². The summed E-state index contributed by atoms with van der Waals surface area (Å²) in [5.41, 5.74) is 19.9. The summed E-state index contributed by atoms with van der Waals surface area (Å²) < 4.78 is 0. The van der Waals surface area contributed by atoms with Crippen molar-refractivity contribution in [3.05, 3.63) is 205 Å². The molecule has 8 aromatic carbocycles. The summed E-state index contributed by atoms with van der Waals surface area (Å²) in [4.78, 5) is 7.49. The lowest BCUT2D eigenvalue weighted by Gasteiger charge is -2.45. The second-order valence-electron chi connectivity index (χ2n) is 17.7. The zero-order valence-electron chi connectivity index (χ0n) is 34.1. The van der Waals surface area contributed by atoms with Gasteiger partial charge in [-0.25, -0.2) is 0 Å². The lowest BCUT2D eigenvalue weighted by atomic mass is 9.33. The summed E-state index contributed by atoms with van der Waals surface area (Å²) >= 11 is 0. The SMILES string of the molecule is CC1(C)CC(C)(C)c2cc(N3c4ccc(-c5ccccc5)cc4B4c5ccccc5N(c5ccccc5)c5cc(N(c6ccccc6)c6ccccc6)cc3c54)ccc21. The van der Waals surface area contributed by atoms with Crippen LogP contribution in [0.25, 0.3) is 11.1 Å². The quantitative estimate of drug-likeness (QED) is 0.156. The second kappa shape index (κ2) is 13.4. The number of nitrogens with zero attached hydrogens (tertiary/aromatic N) is 3. The van der Waals surface area contributed by atoms with Crippen LogP contribution in [0.4, 0.5) is 51.2 Å². The van der Waals surface area contributed by atoms with E-state index >= 15 is 0 Å². The molecule has 8 aromatic rings. The Kier molecular flexibility index (Phi) is 8.03. The molecule has 4 heteroatoms. The van der Waals surface area contributed by atoms with Gasteiger partial charge in [0.1, 0.15) is 0 Å². The van der Waals surface area contributed by atoms with E-state index in [-0.39, 0.29) is 17.5 Å². The van der Waals surface area contributed by atoms with Crippen molar-refractivity contribution in [2.24, 2.45) is 0 Å². The van der Waals surface area contributed by atoms with Crippen LogP contribution in [0, 0.1) is 0 Å². The Morgan fingerprint density at radius 2 is 0.949 bits per heavy atom. The van der Waals surface area contributed by atoms with Crippen molar-refractivity contribution in [1.29, 1.82) is 0 Å². The molecule has 0 N–H and O–H groups in total. The van der Waals surface area contributed by atoms with Gasteiger partial charge in [0.2, 0.25) is 0 Å². The lowest BCUT2D eigenvalue weighted by molar-refractivity contribution is 0.403. The third-order valence-corrected chi connectivity index (χ3v) is 13.0. The molecule has 0 saturated heterocycles. The average Bonchev–Trinajstić information content (AvgIpc) is 3.46. The highest BCUT2D eigenvalue weighted by Gasteiger charge is 2.46. The highest BCUT2D eigenvalue weighted by molar-refractivity contribution is 7.00. The molecule has 0 spiro atoms. The standard InChI is InChI=1S/C55H46BN3/c1-54(2)37-55(3,4)46-34-43(30-31-45(46)54)59-50-32-29-39(38-19-9-5-10-20-38)33-48(50)56-47-27-17-18-28-49(47)58(42-25-15-8-16-26-42)51-35-44(36-52(59)53(51)56)57(40-21-11-6-12-22-40)41-23-13-7-14-24-41/h5-36H,37H2,1-4H3. The second-order valence-corrected chi connectivity index (χ2v) is 17.7. The fourth-order valence-corrected chi connectivity index (χ4v) is 10.7. The number of benzene rings is 8. The molecule has 3 nitrogen and oxygen atoms in total. The first-order chi connectivity index (χ1) is 28.8. The van der Waals surface area contributed by atoms with E-state index in [1.54, 1.807) is 0 Å². The Morgan fingerprint density at radius 1 is 0.407 bits per heavy atom. The fraction of sp³-hybridized carbons (Fsp3) is 0.127. The predicted octanol–water partition coefficient (Wildman–Crippen LogP) is 12.9. The van der Waals surface area contributed by atoms with Gasteiger partial charge in [0.15, 0.2) is 0 Å². The van der Waals surface area contributed by atoms with Crippen molar-refractivity contribution >= 4 is 74.3 Å². The molecule has 2 aliphatic heterocycles. The van der Waals surface area contributed by atoms with Gasteiger partial charge in [-0.05, 0) is 129 Å². The van der Waals surface area contributed by atoms with Crippen molar-refractivity contribution in [2.75, 3.05) is 14.7 Å². The molecule has 0 unspecified atom stereocenters. The van der Waals surface area contributed by atoms with Gasteiger partial charge < -0.3 is 14.7 Å². The van der Waals surface area contributed by atoms with Gasteiger partial charge >= 0.3 is 0 Å². The molecule has 59 heavy (non-hydrogen) atoms. The van der Waals surface area contributed by atoms with E-state index in [0.717, 1.165) is 29.2 Å². The average molecular weight is 760 g/mol. The zero-order valence-corrected chi connectivity index (χ0v) is 34.1. The molecule has 0 aromatic heterocycles. The molecular formula is C55H46BN3. The fourth-order valence-electron chi connectivity index (χ4n) is 10.7. The summed E-state index contributed by atoms with van der Waals surface area (Å²) in [7, 11) is 0. The van der Waals surface area contributed by atoms with Crippen LogP contribution in [0.2, 0.25) is 0 Å². The summed E-state index contributed by atoms with van der Waals surface area (Å²) in [5.74, 6) is 0. The van der Waals surface area contributed by atoms with Gasteiger partial charge in [-0.1, -0.05) is 149 Å². The molecule has 0 atom stereocenters. The van der Waals surface area contributed by atoms with E-state index < -0.39 is 0 Å². The highest BCUT2D eigenvalue weighted by Crippen LogP contribution is 2.53. The first-order valence-electron chi connectivity index (χ1n) is 20.9. The van der Waals surface area contributed by atoms with Crippen LogP contribution in [0.1, 0.15) is 45.2 Å². The van der Waals surface area contributed by atoms with Gasteiger partial charge in [0.05, 0.1) is 5.69 Å². The third-order valence-electron chi connectivity index (χ3n) is 13.0. The number of hydrogen-bond donors (Lipinski definition) is 0. The normalized spacial score (nSPS) is 15.2. The van der Waals surface area contributed by atoms with E-state index in [4.69, 9.17) is 0 Å². The molecule has 1 aliphatic carbocycles. The Morgan fingerprint density at radius 3 is 1.61 bits per heavy atom. The molecular weight excluding hydrogens is 713 g/mol. The minimum absolute atomic E-state index is 0.00632. The maximum Gasteiger partial charge on any atom is 0.252 e. The minimum Gasteiger partial charge on any atom is -0.311 e. The molecule has 0 bridgehead atoms. The van der Waals surface area contributed by atoms with Crippen LogP contribution >= 0.6 is 0 Å². The number of fused-ring (bicyclic) bond motifs is 5. The van der Waals surface area contributed by atoms with Gasteiger partial charge in [0, 0.05) is 45.5 Å². The molecule has 0 saturated carbocycles. The van der Waals surface area contributed by atoms with Gasteiger partial charge in [-0.2, -0.15) is 0 Å². The van der Waals surface area contributed by atoms with Crippen LogP contribution in [0.15, 0.2) is 194 Å². The molecule has 3 aliphatic rings. The Bertz CT molecular complexity index is 2830. The number of para-hydroxylation sites is 4. The zero-order chi connectivity index (χ0) is 39.9. The third kappa shape index (κ3) is 5.65. The predicted molar refractivity (Wildman–Crippen MR) is 251 cm³/mol. The first-order valence-corrected chi connectivity index (χ1v) is 20.9. The van der Waals surface area contributed by atoms with Crippen molar-refractivity contribution in [3.63, 3.8) is 0 Å². The Labute approximate surface area is 348 Å². The lowest BCUT2D eigenvalue weighted by Crippen LogP contribution is -2.61. The summed E-state index contributed by atoms with van der Waals surface area (Å²) in [6, 6.07) is 71.8. The largest absolute Gasteiger partial charge is 0.311 e. The van der Waals surface area contributed by atoms with Crippen LogP contribution in [0.3, 0.4) is 0 Å². The van der Waals surface area contributed by atoms with Crippen molar-refractivity contribution in [3.8, 4) is 11.1 Å². The number of rotatable bonds is 6. The van der Waals surface area contributed by atoms with Crippen molar-refractivity contribution < 1.29 is 0 Å². The van der Waals surface area contributed by atoms with E-state index in [1.165, 1.54) is 67.1 Å². The van der Waals surface area contributed by atoms with Crippen LogP contribution < -0.4 is 31.1 Å². The Balaban J connectivity index is 1.26. The molecule has 284 valence electrons. The molecule has 11 rings (SSSR count). The highest BCUT2D eigenvalue weighted by atomic mass is 15.2. The van der Waals surface area contributed by atoms with Gasteiger partial charge in [-0.3, -0.25) is 0 Å². The first kappa shape index (κ1) is 35.4. The van der Waals surface area contributed by atoms with E-state index in [1.807, 2.05) is 0 Å². The molecule has 2 heterocycles. The maximum absolute atomic E-state index is 2.58. The number of anilines is 9. The molecule has 0 fully saturated rings. The smallest absolute Gasteiger partial charge is 0.252 e. The molecule has 0 amide bonds. The topological polar surface area (TPSA) is 9.72 Å². The van der Waals surface area contributed by atoms with Crippen molar-refractivity contribution in [2.45, 2.75) is 44.9 Å². The van der Waals surface area contributed by atoms with Crippen LogP contribution in [-0.2, 0) is 10.8 Å². The monoisotopic (exact) mass is 759 g/mol. The van der Waals surface area contributed by atoms with E-state index in [0.29, 0.717) is 0 Å². The van der Waals surface area contributed by atoms with E-state index in [9.17, 15) is 0 Å². The van der Waals surface area contributed by atoms with Gasteiger partial charge in [-0.15, -0.1) is 0 Å². The van der Waals surface area contributed by atoms with Crippen LogP contribution in [-0.4, -0.2) is 6.71 Å². The van der Waals surface area contributed by atoms with Crippen LogP contribution in [0.5, 0.6) is 0 Å². The summed E-state index contributed by atoms with van der Waals surface area (Å²) in [6.07, 6.45) is 1.12. The Hall–Kier alpha value is -6.78. The molecule has 0 radical (unpaired) electrons. The van der Waals surface area contributed by atoms with Crippen molar-refractivity contribution in [1.82, 2.24) is 0 Å². The summed E-state index contributed by atoms with van der Waals surface area (Å²) in [5, 5.41) is 0.